The SMILES string of the molecule is C[C@@]12CC[C@@H]3[C@H](CC=C4C[C@H](OC(=O)CCN5CCCC5)CC[C@@]43C)[C@H]1CCC2=O. The zero-order chi connectivity index (χ0) is 20.9. The van der Waals surface area contributed by atoms with Crippen LogP contribution in [0.25, 0.3) is 0 Å². The monoisotopic (exact) mass is 413 g/mol. The van der Waals surface area contributed by atoms with Crippen LogP contribution < -0.4 is 0 Å². The van der Waals surface area contributed by atoms with Gasteiger partial charge in [0, 0.05) is 24.8 Å². The molecule has 30 heavy (non-hydrogen) atoms. The Kier molecular flexibility index (Phi) is 5.36. The van der Waals surface area contributed by atoms with Crippen LogP contribution in [0.15, 0.2) is 11.6 Å². The van der Waals surface area contributed by atoms with Crippen LogP contribution in [0, 0.1) is 28.6 Å². The van der Waals surface area contributed by atoms with Crippen LogP contribution in [0.4, 0.5) is 0 Å². The summed E-state index contributed by atoms with van der Waals surface area (Å²) in [6.07, 6.45) is 14.0. The highest BCUT2D eigenvalue weighted by Crippen LogP contribution is 2.64. The summed E-state index contributed by atoms with van der Waals surface area (Å²) in [5.41, 5.74) is 1.74. The quantitative estimate of drug-likeness (QED) is 0.485. The van der Waals surface area contributed by atoms with E-state index in [0.29, 0.717) is 30.0 Å². The Morgan fingerprint density at radius 3 is 2.63 bits per heavy atom. The van der Waals surface area contributed by atoms with E-state index in [0.717, 1.165) is 64.6 Å². The van der Waals surface area contributed by atoms with Crippen LogP contribution >= 0.6 is 0 Å². The van der Waals surface area contributed by atoms with Crippen molar-refractivity contribution < 1.29 is 14.3 Å². The number of nitrogens with zero attached hydrogens (tertiary/aromatic N) is 1. The van der Waals surface area contributed by atoms with Crippen LogP contribution in [0.3, 0.4) is 0 Å². The molecule has 0 aromatic carbocycles. The fourth-order valence-electron chi connectivity index (χ4n) is 8.00. The van der Waals surface area contributed by atoms with E-state index in [1.165, 1.54) is 19.3 Å². The number of hydrogen-bond acceptors (Lipinski definition) is 4. The maximum Gasteiger partial charge on any atom is 0.307 e. The van der Waals surface area contributed by atoms with Gasteiger partial charge in [-0.05, 0) is 87.6 Å². The molecule has 5 aliphatic rings. The summed E-state index contributed by atoms with van der Waals surface area (Å²) in [5, 5.41) is 0. The molecule has 0 aromatic rings. The van der Waals surface area contributed by atoms with Gasteiger partial charge in [0.1, 0.15) is 11.9 Å². The molecular weight excluding hydrogens is 374 g/mol. The number of likely N-dealkylation sites (tertiary alicyclic amines) is 1. The number of fused-ring (bicyclic) bond motifs is 5. The van der Waals surface area contributed by atoms with Crippen molar-refractivity contribution >= 4 is 11.8 Å². The number of allylic oxidation sites excluding steroid dienone is 1. The van der Waals surface area contributed by atoms with Gasteiger partial charge in [-0.2, -0.15) is 0 Å². The molecule has 4 aliphatic carbocycles. The number of carbonyl (C=O) groups is 2. The number of carbonyl (C=O) groups excluding carboxylic acids is 2. The maximum absolute atomic E-state index is 12.6. The molecule has 1 aliphatic heterocycles. The maximum atomic E-state index is 12.6. The molecule has 0 aromatic heterocycles. The van der Waals surface area contributed by atoms with E-state index in [-0.39, 0.29) is 22.9 Å². The largest absolute Gasteiger partial charge is 0.462 e. The molecule has 4 heteroatoms. The first-order chi connectivity index (χ1) is 14.4. The zero-order valence-corrected chi connectivity index (χ0v) is 19.0. The fourth-order valence-corrected chi connectivity index (χ4v) is 8.00. The first-order valence-corrected chi connectivity index (χ1v) is 12.5. The number of esters is 1. The smallest absolute Gasteiger partial charge is 0.307 e. The third-order valence-corrected chi connectivity index (χ3v) is 9.90. The summed E-state index contributed by atoms with van der Waals surface area (Å²) in [5.74, 6) is 2.47. The van der Waals surface area contributed by atoms with Crippen LogP contribution in [0.5, 0.6) is 0 Å². The third-order valence-electron chi connectivity index (χ3n) is 9.90. The van der Waals surface area contributed by atoms with Gasteiger partial charge in [-0.25, -0.2) is 0 Å². The lowest BCUT2D eigenvalue weighted by Crippen LogP contribution is -2.50. The summed E-state index contributed by atoms with van der Waals surface area (Å²) in [6.45, 7) is 7.85. The van der Waals surface area contributed by atoms with Crippen LogP contribution in [0.2, 0.25) is 0 Å². The van der Waals surface area contributed by atoms with Gasteiger partial charge >= 0.3 is 5.97 Å². The van der Waals surface area contributed by atoms with Crippen molar-refractivity contribution in [2.45, 2.75) is 90.6 Å². The van der Waals surface area contributed by atoms with Gasteiger partial charge in [0.2, 0.25) is 0 Å². The Morgan fingerprint density at radius 1 is 1.10 bits per heavy atom. The molecule has 6 atom stereocenters. The topological polar surface area (TPSA) is 46.6 Å². The van der Waals surface area contributed by atoms with Crippen molar-refractivity contribution in [1.82, 2.24) is 4.90 Å². The number of rotatable bonds is 4. The molecule has 0 radical (unpaired) electrons. The summed E-state index contributed by atoms with van der Waals surface area (Å²) in [7, 11) is 0. The molecule has 0 amide bonds. The molecule has 3 saturated carbocycles. The fraction of sp³-hybridized carbons (Fsp3) is 0.846. The standard InChI is InChI=1S/C26H39NO3/c1-25-12-9-19(30-24(29)11-16-27-14-3-4-15-27)17-18(25)5-6-20-21-7-8-23(28)26(21,2)13-10-22(20)25/h5,19-22H,3-4,6-17H2,1-2H3/t19-,20-,21-,22-,25+,26-/m1/s1. The van der Waals surface area contributed by atoms with Gasteiger partial charge in [0.15, 0.2) is 0 Å². The second-order valence-corrected chi connectivity index (χ2v) is 11.3. The van der Waals surface area contributed by atoms with E-state index in [4.69, 9.17) is 4.74 Å². The molecule has 0 spiro atoms. The van der Waals surface area contributed by atoms with Crippen LogP contribution in [-0.2, 0) is 14.3 Å². The Bertz CT molecular complexity index is 739. The minimum absolute atomic E-state index is 0.0114. The minimum Gasteiger partial charge on any atom is -0.462 e. The molecule has 1 heterocycles. The minimum atomic E-state index is -0.0507. The van der Waals surface area contributed by atoms with E-state index in [1.54, 1.807) is 5.57 Å². The molecule has 0 N–H and O–H groups in total. The van der Waals surface area contributed by atoms with Crippen molar-refractivity contribution in [3.63, 3.8) is 0 Å². The Balaban J connectivity index is 1.22. The lowest BCUT2D eigenvalue weighted by atomic mass is 9.48. The summed E-state index contributed by atoms with van der Waals surface area (Å²) in [4.78, 5) is 27.4. The summed E-state index contributed by atoms with van der Waals surface area (Å²) in [6, 6.07) is 0. The molecule has 1 saturated heterocycles. The predicted octanol–water partition coefficient (Wildman–Crippen LogP) is 4.92. The molecule has 5 rings (SSSR count). The predicted molar refractivity (Wildman–Crippen MR) is 117 cm³/mol. The number of hydrogen-bond donors (Lipinski definition) is 0. The normalized spacial score (nSPS) is 43.5. The van der Waals surface area contributed by atoms with Crippen molar-refractivity contribution in [1.29, 1.82) is 0 Å². The second-order valence-electron chi connectivity index (χ2n) is 11.3. The molecule has 166 valence electrons. The van der Waals surface area contributed by atoms with Crippen molar-refractivity contribution in [2.24, 2.45) is 28.6 Å². The first-order valence-electron chi connectivity index (χ1n) is 12.5. The number of ketones is 1. The summed E-state index contributed by atoms with van der Waals surface area (Å²) >= 11 is 0. The van der Waals surface area contributed by atoms with Gasteiger partial charge in [-0.15, -0.1) is 0 Å². The van der Waals surface area contributed by atoms with Gasteiger partial charge < -0.3 is 9.64 Å². The Labute approximate surface area is 181 Å². The van der Waals surface area contributed by atoms with E-state index in [2.05, 4.69) is 24.8 Å². The number of ether oxygens (including phenoxy) is 1. The highest BCUT2D eigenvalue weighted by Gasteiger charge is 2.58. The van der Waals surface area contributed by atoms with E-state index in [1.807, 2.05) is 0 Å². The molecule has 4 fully saturated rings. The number of Topliss-reactive ketones (excluding diaryl/α,β-unsaturated/α-hetero) is 1. The Morgan fingerprint density at radius 2 is 1.83 bits per heavy atom. The molecular formula is C26H39NO3. The van der Waals surface area contributed by atoms with E-state index >= 15 is 0 Å². The average molecular weight is 414 g/mol. The zero-order valence-electron chi connectivity index (χ0n) is 19.0. The van der Waals surface area contributed by atoms with Crippen molar-refractivity contribution in [3.8, 4) is 0 Å². The third kappa shape index (κ3) is 3.38. The van der Waals surface area contributed by atoms with Gasteiger partial charge in [-0.3, -0.25) is 9.59 Å². The van der Waals surface area contributed by atoms with Crippen molar-refractivity contribution in [2.75, 3.05) is 19.6 Å². The Hall–Kier alpha value is -1.16. The highest BCUT2D eigenvalue weighted by atomic mass is 16.5. The first kappa shape index (κ1) is 20.7. The second kappa shape index (κ2) is 7.76. The average Bonchev–Trinajstić information content (AvgIpc) is 3.35. The highest BCUT2D eigenvalue weighted by molar-refractivity contribution is 5.87. The van der Waals surface area contributed by atoms with Gasteiger partial charge in [0.05, 0.1) is 6.42 Å². The van der Waals surface area contributed by atoms with E-state index in [9.17, 15) is 9.59 Å². The van der Waals surface area contributed by atoms with Crippen LogP contribution in [-0.4, -0.2) is 42.4 Å². The van der Waals surface area contributed by atoms with Gasteiger partial charge in [0.25, 0.3) is 0 Å². The lowest BCUT2D eigenvalue weighted by Gasteiger charge is -2.56. The van der Waals surface area contributed by atoms with E-state index < -0.39 is 0 Å². The molecule has 0 bridgehead atoms. The van der Waals surface area contributed by atoms with Crippen LogP contribution in [0.1, 0.15) is 84.5 Å². The lowest BCUT2D eigenvalue weighted by molar-refractivity contribution is -0.151. The summed E-state index contributed by atoms with van der Waals surface area (Å²) < 4.78 is 5.93. The molecule has 4 nitrogen and oxygen atoms in total. The van der Waals surface area contributed by atoms with Crippen molar-refractivity contribution in [3.05, 3.63) is 11.6 Å². The van der Waals surface area contributed by atoms with Gasteiger partial charge in [-0.1, -0.05) is 25.5 Å². The molecule has 0 unspecified atom stereocenters.